The number of amides is 2. The molecular weight excluding hydrogens is 178 g/mol. The zero-order valence-corrected chi connectivity index (χ0v) is 9.36. The summed E-state index contributed by atoms with van der Waals surface area (Å²) in [7, 11) is 1.84. The van der Waals surface area contributed by atoms with Crippen LogP contribution >= 0.6 is 0 Å². The topological polar surface area (TPSA) is 49.6 Å². The molecule has 1 aliphatic heterocycles. The van der Waals surface area contributed by atoms with Crippen LogP contribution in [0.4, 0.5) is 4.79 Å². The van der Waals surface area contributed by atoms with Crippen molar-refractivity contribution in [2.24, 2.45) is 11.7 Å². The van der Waals surface area contributed by atoms with E-state index in [4.69, 9.17) is 5.73 Å². The van der Waals surface area contributed by atoms with Gasteiger partial charge in [-0.15, -0.1) is 0 Å². The van der Waals surface area contributed by atoms with E-state index >= 15 is 0 Å². The summed E-state index contributed by atoms with van der Waals surface area (Å²) in [6.45, 7) is 6.57. The number of urea groups is 1. The molecule has 0 aromatic heterocycles. The van der Waals surface area contributed by atoms with E-state index in [2.05, 4.69) is 13.8 Å². The van der Waals surface area contributed by atoms with E-state index in [0.29, 0.717) is 12.5 Å². The Labute approximate surface area is 86.0 Å². The molecule has 0 bridgehead atoms. The van der Waals surface area contributed by atoms with E-state index in [9.17, 15) is 4.79 Å². The molecule has 0 spiro atoms. The molecular formula is C10H21N3O. The van der Waals surface area contributed by atoms with Crippen LogP contribution in [-0.2, 0) is 0 Å². The SMILES string of the molecule is CC(C)C(N)CN1CCCN(C)C1=O. The maximum absolute atomic E-state index is 11.7. The predicted molar refractivity (Wildman–Crippen MR) is 57.0 cm³/mol. The Bertz CT molecular complexity index is 206. The molecule has 0 aliphatic carbocycles. The molecule has 1 saturated heterocycles. The third-order valence-electron chi connectivity index (χ3n) is 2.81. The first-order chi connectivity index (χ1) is 6.52. The number of nitrogens with two attached hydrogens (primary N) is 1. The number of hydrogen-bond acceptors (Lipinski definition) is 2. The van der Waals surface area contributed by atoms with E-state index < -0.39 is 0 Å². The van der Waals surface area contributed by atoms with Crippen LogP contribution in [-0.4, -0.2) is 48.6 Å². The highest BCUT2D eigenvalue weighted by Gasteiger charge is 2.24. The second-order valence-corrected chi connectivity index (χ2v) is 4.41. The number of hydrogen-bond donors (Lipinski definition) is 1. The molecule has 0 aromatic rings. The van der Waals surface area contributed by atoms with E-state index in [-0.39, 0.29) is 12.1 Å². The normalized spacial score (nSPS) is 20.5. The Morgan fingerprint density at radius 2 is 2.07 bits per heavy atom. The van der Waals surface area contributed by atoms with Gasteiger partial charge in [0.25, 0.3) is 0 Å². The molecule has 4 nitrogen and oxygen atoms in total. The van der Waals surface area contributed by atoms with Gasteiger partial charge in [0.15, 0.2) is 0 Å². The van der Waals surface area contributed by atoms with Crippen LogP contribution in [0.2, 0.25) is 0 Å². The molecule has 0 saturated carbocycles. The summed E-state index contributed by atoms with van der Waals surface area (Å²) in [4.78, 5) is 15.3. The lowest BCUT2D eigenvalue weighted by atomic mass is 10.0. The number of nitrogens with zero attached hydrogens (tertiary/aromatic N) is 2. The summed E-state index contributed by atoms with van der Waals surface area (Å²) < 4.78 is 0. The molecule has 1 atom stereocenters. The van der Waals surface area contributed by atoms with Gasteiger partial charge in [-0.1, -0.05) is 13.8 Å². The predicted octanol–water partition coefficient (Wildman–Crippen LogP) is 0.727. The number of rotatable bonds is 3. The minimum absolute atomic E-state index is 0.0884. The van der Waals surface area contributed by atoms with Crippen LogP contribution < -0.4 is 5.73 Å². The average molecular weight is 199 g/mol. The Hall–Kier alpha value is -0.770. The van der Waals surface area contributed by atoms with Crippen LogP contribution in [0.3, 0.4) is 0 Å². The molecule has 2 amide bonds. The van der Waals surface area contributed by atoms with Crippen LogP contribution in [0.1, 0.15) is 20.3 Å². The van der Waals surface area contributed by atoms with E-state index in [1.807, 2.05) is 11.9 Å². The molecule has 1 fully saturated rings. The Balaban J connectivity index is 2.47. The molecule has 14 heavy (non-hydrogen) atoms. The Morgan fingerprint density at radius 3 is 2.64 bits per heavy atom. The fourth-order valence-electron chi connectivity index (χ4n) is 1.57. The van der Waals surface area contributed by atoms with Crippen molar-refractivity contribution in [3.05, 3.63) is 0 Å². The highest BCUT2D eigenvalue weighted by molar-refractivity contribution is 5.74. The summed E-state index contributed by atoms with van der Waals surface area (Å²) >= 11 is 0. The first-order valence-electron chi connectivity index (χ1n) is 5.28. The van der Waals surface area contributed by atoms with E-state index in [1.165, 1.54) is 0 Å². The second-order valence-electron chi connectivity index (χ2n) is 4.41. The molecule has 1 rings (SSSR count). The minimum Gasteiger partial charge on any atom is -0.328 e. The highest BCUT2D eigenvalue weighted by atomic mass is 16.2. The average Bonchev–Trinajstić information content (AvgIpc) is 2.12. The number of carbonyl (C=O) groups excluding carboxylic acids is 1. The zero-order chi connectivity index (χ0) is 10.7. The first kappa shape index (κ1) is 11.3. The third-order valence-corrected chi connectivity index (χ3v) is 2.81. The summed E-state index contributed by atoms with van der Waals surface area (Å²) in [6.07, 6.45) is 1.05. The van der Waals surface area contributed by atoms with Crippen molar-refractivity contribution in [3.63, 3.8) is 0 Å². The fourth-order valence-corrected chi connectivity index (χ4v) is 1.57. The van der Waals surface area contributed by atoms with Gasteiger partial charge >= 0.3 is 6.03 Å². The lowest BCUT2D eigenvalue weighted by molar-refractivity contribution is 0.135. The van der Waals surface area contributed by atoms with Gasteiger partial charge in [0.05, 0.1) is 0 Å². The number of carbonyl (C=O) groups is 1. The maximum atomic E-state index is 11.7. The lowest BCUT2D eigenvalue weighted by Crippen LogP contribution is -2.52. The highest BCUT2D eigenvalue weighted by Crippen LogP contribution is 2.09. The largest absolute Gasteiger partial charge is 0.328 e. The first-order valence-corrected chi connectivity index (χ1v) is 5.28. The standard InChI is InChI=1S/C10H21N3O/c1-8(2)9(11)7-13-6-4-5-12(3)10(13)14/h8-9H,4-7,11H2,1-3H3. The molecule has 2 N–H and O–H groups in total. The van der Waals surface area contributed by atoms with E-state index in [0.717, 1.165) is 19.5 Å². The minimum atomic E-state index is 0.0884. The van der Waals surface area contributed by atoms with Crippen molar-refractivity contribution < 1.29 is 4.79 Å². The molecule has 4 heteroatoms. The molecule has 1 heterocycles. The van der Waals surface area contributed by atoms with Crippen LogP contribution in [0, 0.1) is 5.92 Å². The van der Waals surface area contributed by atoms with Crippen molar-refractivity contribution in [3.8, 4) is 0 Å². The maximum Gasteiger partial charge on any atom is 0.319 e. The van der Waals surface area contributed by atoms with Crippen molar-refractivity contribution >= 4 is 6.03 Å². The summed E-state index contributed by atoms with van der Waals surface area (Å²) in [5.74, 6) is 0.426. The smallest absolute Gasteiger partial charge is 0.319 e. The van der Waals surface area contributed by atoms with Gasteiger partial charge in [0, 0.05) is 32.7 Å². The molecule has 82 valence electrons. The van der Waals surface area contributed by atoms with Crippen molar-refractivity contribution in [2.45, 2.75) is 26.3 Å². The Kier molecular flexibility index (Phi) is 3.75. The second kappa shape index (κ2) is 4.64. The third kappa shape index (κ3) is 2.61. The quantitative estimate of drug-likeness (QED) is 0.728. The van der Waals surface area contributed by atoms with Crippen molar-refractivity contribution in [1.82, 2.24) is 9.80 Å². The monoisotopic (exact) mass is 199 g/mol. The van der Waals surface area contributed by atoms with E-state index in [1.54, 1.807) is 4.90 Å². The molecule has 0 radical (unpaired) electrons. The van der Waals surface area contributed by atoms with Crippen molar-refractivity contribution in [2.75, 3.05) is 26.7 Å². The van der Waals surface area contributed by atoms with Gasteiger partial charge in [-0.2, -0.15) is 0 Å². The van der Waals surface area contributed by atoms with Gasteiger partial charge in [-0.05, 0) is 12.3 Å². The summed E-state index contributed by atoms with van der Waals surface area (Å²) in [6, 6.07) is 0.206. The van der Waals surface area contributed by atoms with Gasteiger partial charge in [0.2, 0.25) is 0 Å². The fraction of sp³-hybridized carbons (Fsp3) is 0.900. The summed E-state index contributed by atoms with van der Waals surface area (Å²) in [5, 5.41) is 0. The van der Waals surface area contributed by atoms with Gasteiger partial charge in [-0.3, -0.25) is 0 Å². The lowest BCUT2D eigenvalue weighted by Gasteiger charge is -2.35. The van der Waals surface area contributed by atoms with Crippen molar-refractivity contribution in [1.29, 1.82) is 0 Å². The van der Waals surface area contributed by atoms with Crippen LogP contribution in [0.5, 0.6) is 0 Å². The van der Waals surface area contributed by atoms with Crippen LogP contribution in [0.25, 0.3) is 0 Å². The molecule has 0 aromatic carbocycles. The van der Waals surface area contributed by atoms with Crippen LogP contribution in [0.15, 0.2) is 0 Å². The summed E-state index contributed by atoms with van der Waals surface area (Å²) in [5.41, 5.74) is 5.94. The Morgan fingerprint density at radius 1 is 1.43 bits per heavy atom. The van der Waals surface area contributed by atoms with Gasteiger partial charge < -0.3 is 15.5 Å². The zero-order valence-electron chi connectivity index (χ0n) is 9.36. The molecule has 1 aliphatic rings. The van der Waals surface area contributed by atoms with Gasteiger partial charge in [0.1, 0.15) is 0 Å². The molecule has 1 unspecified atom stereocenters. The van der Waals surface area contributed by atoms with Gasteiger partial charge in [-0.25, -0.2) is 4.79 Å².